The largest absolute Gasteiger partial charge is 0.453 e. The Morgan fingerprint density at radius 3 is 2.80 bits per heavy atom. The number of ether oxygens (including phenoxy) is 2. The van der Waals surface area contributed by atoms with E-state index in [-0.39, 0.29) is 11.9 Å². The van der Waals surface area contributed by atoms with E-state index < -0.39 is 23.6 Å². The summed E-state index contributed by atoms with van der Waals surface area (Å²) in [6.07, 6.45) is -0.872. The highest BCUT2D eigenvalue weighted by Gasteiger charge is 2.48. The van der Waals surface area contributed by atoms with Crippen molar-refractivity contribution in [2.75, 3.05) is 18.1 Å². The number of anilines is 2. The molecule has 3 aliphatic rings. The zero-order valence-corrected chi connectivity index (χ0v) is 13.8. The van der Waals surface area contributed by atoms with Gasteiger partial charge in [0, 0.05) is 6.07 Å². The summed E-state index contributed by atoms with van der Waals surface area (Å²) in [5.41, 5.74) is 1.35. The summed E-state index contributed by atoms with van der Waals surface area (Å²) in [6, 6.07) is 11.5. The van der Waals surface area contributed by atoms with Crippen molar-refractivity contribution in [1.29, 1.82) is 0 Å². The van der Waals surface area contributed by atoms with Crippen LogP contribution in [0.25, 0.3) is 0 Å². The Bertz CT molecular complexity index is 863. The Morgan fingerprint density at radius 1 is 1.04 bits per heavy atom. The first-order valence-corrected chi connectivity index (χ1v) is 8.90. The number of hydrogen-bond acceptors (Lipinski definition) is 6. The summed E-state index contributed by atoms with van der Waals surface area (Å²) in [7, 11) is 0. The Hall–Kier alpha value is -2.00. The Morgan fingerprint density at radius 2 is 1.88 bits per heavy atom. The number of nitrogens with zero attached hydrogens (tertiary/aromatic N) is 1. The minimum absolute atomic E-state index is 0.314. The van der Waals surface area contributed by atoms with Gasteiger partial charge in [0.05, 0.1) is 30.6 Å². The van der Waals surface area contributed by atoms with Crippen LogP contribution in [0.15, 0.2) is 42.5 Å². The van der Waals surface area contributed by atoms with Crippen molar-refractivity contribution in [3.8, 4) is 11.5 Å². The van der Waals surface area contributed by atoms with Crippen LogP contribution in [0.4, 0.5) is 15.8 Å². The van der Waals surface area contributed by atoms with Gasteiger partial charge in [-0.1, -0.05) is 12.1 Å². The van der Waals surface area contributed by atoms with Gasteiger partial charge in [-0.15, -0.1) is 0 Å². The number of hydrogen-bond donors (Lipinski definition) is 0. The summed E-state index contributed by atoms with van der Waals surface area (Å²) in [5, 5.41) is 0. The highest BCUT2D eigenvalue weighted by Crippen LogP contribution is 2.49. The molecule has 2 fully saturated rings. The molecule has 0 N–H and O–H groups in total. The molecule has 25 heavy (non-hydrogen) atoms. The molecule has 4 atom stereocenters. The first kappa shape index (κ1) is 15.3. The number of rotatable bonds is 1. The summed E-state index contributed by atoms with van der Waals surface area (Å²) in [4.78, 5) is 1.93. The van der Waals surface area contributed by atoms with Crippen LogP contribution in [0, 0.1) is 5.82 Å². The molecule has 2 aromatic carbocycles. The molecule has 0 aromatic heterocycles. The van der Waals surface area contributed by atoms with Gasteiger partial charge in [-0.25, -0.2) is 4.39 Å². The SMILES string of the molecule is O=S1O[C@H]2[C@H](COC[C@@H]2N2c3ccccc3Oc3ccc(F)cc32)O1. The predicted octanol–water partition coefficient (Wildman–Crippen LogP) is 2.83. The highest BCUT2D eigenvalue weighted by molar-refractivity contribution is 7.75. The maximum Gasteiger partial charge on any atom is 0.305 e. The fourth-order valence-corrected chi connectivity index (χ4v) is 4.35. The van der Waals surface area contributed by atoms with Gasteiger partial charge in [-0.2, -0.15) is 4.21 Å². The molecule has 0 aliphatic carbocycles. The number of fused-ring (bicyclic) bond motifs is 3. The monoisotopic (exact) mass is 363 g/mol. The number of para-hydroxylation sites is 2. The Kier molecular flexibility index (Phi) is 3.53. The van der Waals surface area contributed by atoms with Crippen molar-refractivity contribution in [2.45, 2.75) is 18.2 Å². The van der Waals surface area contributed by atoms with Crippen LogP contribution in [0.3, 0.4) is 0 Å². The normalized spacial score (nSPS) is 30.2. The molecule has 0 saturated carbocycles. The maximum atomic E-state index is 13.9. The molecule has 0 bridgehead atoms. The molecule has 3 heterocycles. The lowest BCUT2D eigenvalue weighted by Crippen LogP contribution is -2.54. The standard InChI is InChI=1S/C17H14FNO5S/c18-10-5-6-15-12(7-10)19(11-3-1-2-4-14(11)22-15)13-8-21-9-16-17(13)24-25(20)23-16/h1-7,13,16-17H,8-9H2/t13-,16-,17+,25?/m0/s1. The Balaban J connectivity index is 1.65. The summed E-state index contributed by atoms with van der Waals surface area (Å²) >= 11 is -1.80. The van der Waals surface area contributed by atoms with Gasteiger partial charge in [0.1, 0.15) is 18.0 Å². The fraction of sp³-hybridized carbons (Fsp3) is 0.294. The van der Waals surface area contributed by atoms with Gasteiger partial charge in [-0.05, 0) is 24.3 Å². The first-order valence-electron chi connectivity index (χ1n) is 7.90. The number of halogens is 1. The molecular formula is C17H14FNO5S. The molecule has 0 radical (unpaired) electrons. The van der Waals surface area contributed by atoms with Crippen molar-refractivity contribution >= 4 is 22.7 Å². The van der Waals surface area contributed by atoms with Crippen molar-refractivity contribution in [3.63, 3.8) is 0 Å². The molecule has 3 aliphatic heterocycles. The van der Waals surface area contributed by atoms with Crippen LogP contribution in [-0.4, -0.2) is 35.7 Å². The molecule has 1 unspecified atom stereocenters. The van der Waals surface area contributed by atoms with E-state index in [1.54, 1.807) is 6.07 Å². The van der Waals surface area contributed by atoms with Crippen LogP contribution in [0.2, 0.25) is 0 Å². The lowest BCUT2D eigenvalue weighted by atomic mass is 9.99. The van der Waals surface area contributed by atoms with Crippen molar-refractivity contribution in [1.82, 2.24) is 0 Å². The second kappa shape index (κ2) is 5.77. The van der Waals surface area contributed by atoms with Gasteiger partial charge in [0.2, 0.25) is 0 Å². The second-order valence-corrected chi connectivity index (χ2v) is 6.85. The minimum Gasteiger partial charge on any atom is -0.453 e. The molecule has 0 amide bonds. The van der Waals surface area contributed by atoms with Crippen molar-refractivity contribution in [2.24, 2.45) is 0 Å². The van der Waals surface area contributed by atoms with E-state index in [2.05, 4.69) is 0 Å². The van der Waals surface area contributed by atoms with Crippen LogP contribution < -0.4 is 9.64 Å². The van der Waals surface area contributed by atoms with E-state index >= 15 is 0 Å². The van der Waals surface area contributed by atoms with Crippen LogP contribution >= 0.6 is 0 Å². The van der Waals surface area contributed by atoms with Crippen LogP contribution in [0.5, 0.6) is 11.5 Å². The van der Waals surface area contributed by atoms with E-state index in [9.17, 15) is 8.60 Å². The minimum atomic E-state index is -1.80. The molecule has 2 saturated heterocycles. The summed E-state index contributed by atoms with van der Waals surface area (Å²) in [5.74, 6) is 0.832. The summed E-state index contributed by atoms with van der Waals surface area (Å²) < 4.78 is 47.9. The second-order valence-electron chi connectivity index (χ2n) is 6.06. The van der Waals surface area contributed by atoms with E-state index in [0.717, 1.165) is 5.69 Å². The quantitative estimate of drug-likeness (QED) is 0.777. The van der Waals surface area contributed by atoms with Crippen molar-refractivity contribution in [3.05, 3.63) is 48.3 Å². The number of benzene rings is 2. The van der Waals surface area contributed by atoms with Gasteiger partial charge >= 0.3 is 11.4 Å². The van der Waals surface area contributed by atoms with Gasteiger partial charge < -0.3 is 14.4 Å². The molecule has 5 rings (SSSR count). The van der Waals surface area contributed by atoms with Crippen molar-refractivity contribution < 1.29 is 26.4 Å². The third-order valence-corrected chi connectivity index (χ3v) is 5.35. The molecule has 2 aromatic rings. The zero-order chi connectivity index (χ0) is 17.0. The summed E-state index contributed by atoms with van der Waals surface area (Å²) in [6.45, 7) is 0.654. The van der Waals surface area contributed by atoms with E-state index in [4.69, 9.17) is 17.8 Å². The average Bonchev–Trinajstić information content (AvgIpc) is 3.00. The lowest BCUT2D eigenvalue weighted by molar-refractivity contribution is -0.0329. The molecular weight excluding hydrogens is 349 g/mol. The highest BCUT2D eigenvalue weighted by atomic mass is 32.2. The van der Waals surface area contributed by atoms with E-state index in [1.165, 1.54) is 12.1 Å². The fourth-order valence-electron chi connectivity index (χ4n) is 3.50. The van der Waals surface area contributed by atoms with Crippen LogP contribution in [-0.2, 0) is 24.5 Å². The van der Waals surface area contributed by atoms with Gasteiger partial charge in [-0.3, -0.25) is 8.37 Å². The average molecular weight is 363 g/mol. The molecule has 6 nitrogen and oxygen atoms in total. The predicted molar refractivity (Wildman–Crippen MR) is 87.6 cm³/mol. The van der Waals surface area contributed by atoms with Gasteiger partial charge in [0.15, 0.2) is 11.5 Å². The third-order valence-electron chi connectivity index (χ3n) is 4.57. The lowest BCUT2D eigenvalue weighted by Gasteiger charge is -2.42. The zero-order valence-electron chi connectivity index (χ0n) is 13.0. The van der Waals surface area contributed by atoms with E-state index in [1.807, 2.05) is 29.2 Å². The molecule has 8 heteroatoms. The third kappa shape index (κ3) is 2.44. The van der Waals surface area contributed by atoms with E-state index in [0.29, 0.717) is 30.4 Å². The smallest absolute Gasteiger partial charge is 0.305 e. The first-order chi connectivity index (χ1) is 12.2. The molecule has 0 spiro atoms. The maximum absolute atomic E-state index is 13.9. The van der Waals surface area contributed by atoms with Crippen LogP contribution in [0.1, 0.15) is 0 Å². The topological polar surface area (TPSA) is 57.2 Å². The van der Waals surface area contributed by atoms with Gasteiger partial charge in [0.25, 0.3) is 0 Å². The molecule has 130 valence electrons. The Labute approximate surface area is 145 Å².